The summed E-state index contributed by atoms with van der Waals surface area (Å²) in [4.78, 5) is 12.3. The van der Waals surface area contributed by atoms with Crippen LogP contribution in [0.3, 0.4) is 0 Å². The minimum Gasteiger partial charge on any atom is -0.487 e. The number of nitrogens with zero attached hydrogens (tertiary/aromatic N) is 1. The van der Waals surface area contributed by atoms with Crippen LogP contribution in [0.5, 0.6) is 5.75 Å². The number of halogens is 1. The molecular formula is C14H10BrNO3S. The topological polar surface area (TPSA) is 59.3 Å². The standard InChI is InChI=1S/C14H10BrNO3S/c1-18-14(17)11-4-5-20-13(11)8-19-12-6-10(15)3-2-9(12)7-16/h2-6H,8H2,1H3. The molecule has 0 spiro atoms. The van der Waals surface area contributed by atoms with Gasteiger partial charge in [-0.1, -0.05) is 15.9 Å². The average Bonchev–Trinajstić information content (AvgIpc) is 2.92. The fourth-order valence-corrected chi connectivity index (χ4v) is 2.71. The monoisotopic (exact) mass is 351 g/mol. The van der Waals surface area contributed by atoms with Crippen LogP contribution in [0.25, 0.3) is 0 Å². The number of nitriles is 1. The Morgan fingerprint density at radius 1 is 1.45 bits per heavy atom. The summed E-state index contributed by atoms with van der Waals surface area (Å²) in [7, 11) is 1.34. The van der Waals surface area contributed by atoms with Crippen molar-refractivity contribution in [3.63, 3.8) is 0 Å². The van der Waals surface area contributed by atoms with Crippen LogP contribution in [0.4, 0.5) is 0 Å². The highest BCUT2D eigenvalue weighted by atomic mass is 79.9. The molecule has 0 fully saturated rings. The van der Waals surface area contributed by atoms with Crippen LogP contribution in [-0.4, -0.2) is 13.1 Å². The van der Waals surface area contributed by atoms with E-state index in [1.54, 1.807) is 29.6 Å². The van der Waals surface area contributed by atoms with Gasteiger partial charge >= 0.3 is 5.97 Å². The fraction of sp³-hybridized carbons (Fsp3) is 0.143. The summed E-state index contributed by atoms with van der Waals surface area (Å²) in [5, 5.41) is 10.8. The number of esters is 1. The molecule has 2 rings (SSSR count). The third-order valence-corrected chi connectivity index (χ3v) is 3.96. The minimum absolute atomic E-state index is 0.216. The lowest BCUT2D eigenvalue weighted by atomic mass is 10.2. The Bertz CT molecular complexity index is 675. The molecular weight excluding hydrogens is 342 g/mol. The van der Waals surface area contributed by atoms with Gasteiger partial charge in [-0.3, -0.25) is 0 Å². The first kappa shape index (κ1) is 14.6. The average molecular weight is 352 g/mol. The molecule has 0 saturated heterocycles. The Labute approximate surface area is 128 Å². The SMILES string of the molecule is COC(=O)c1ccsc1COc1cc(Br)ccc1C#N. The van der Waals surface area contributed by atoms with E-state index in [4.69, 9.17) is 14.7 Å². The molecule has 0 aliphatic carbocycles. The molecule has 2 aromatic rings. The molecule has 0 amide bonds. The zero-order valence-corrected chi connectivity index (χ0v) is 13.0. The van der Waals surface area contributed by atoms with Crippen molar-refractivity contribution in [1.82, 2.24) is 0 Å². The van der Waals surface area contributed by atoms with Gasteiger partial charge in [0.25, 0.3) is 0 Å². The van der Waals surface area contributed by atoms with Crippen molar-refractivity contribution in [1.29, 1.82) is 5.26 Å². The minimum atomic E-state index is -0.389. The number of hydrogen-bond donors (Lipinski definition) is 0. The Morgan fingerprint density at radius 2 is 2.25 bits per heavy atom. The van der Waals surface area contributed by atoms with Crippen molar-refractivity contribution in [2.75, 3.05) is 7.11 Å². The van der Waals surface area contributed by atoms with E-state index in [1.807, 2.05) is 0 Å². The van der Waals surface area contributed by atoms with Gasteiger partial charge in [0, 0.05) is 4.47 Å². The maximum absolute atomic E-state index is 11.6. The predicted molar refractivity (Wildman–Crippen MR) is 78.8 cm³/mol. The lowest BCUT2D eigenvalue weighted by molar-refractivity contribution is 0.0598. The predicted octanol–water partition coefficient (Wildman–Crippen LogP) is 3.75. The zero-order valence-electron chi connectivity index (χ0n) is 10.6. The van der Waals surface area contributed by atoms with Crippen molar-refractivity contribution in [3.8, 4) is 11.8 Å². The van der Waals surface area contributed by atoms with Gasteiger partial charge in [0.1, 0.15) is 18.4 Å². The van der Waals surface area contributed by atoms with E-state index in [-0.39, 0.29) is 12.6 Å². The van der Waals surface area contributed by atoms with Gasteiger partial charge in [-0.25, -0.2) is 4.79 Å². The van der Waals surface area contributed by atoms with Crippen LogP contribution >= 0.6 is 27.3 Å². The molecule has 20 heavy (non-hydrogen) atoms. The first-order valence-electron chi connectivity index (χ1n) is 5.63. The molecule has 1 heterocycles. The van der Waals surface area contributed by atoms with Crippen molar-refractivity contribution < 1.29 is 14.3 Å². The lowest BCUT2D eigenvalue weighted by Gasteiger charge is -2.08. The van der Waals surface area contributed by atoms with Gasteiger partial charge < -0.3 is 9.47 Å². The van der Waals surface area contributed by atoms with E-state index in [0.29, 0.717) is 16.9 Å². The van der Waals surface area contributed by atoms with Crippen LogP contribution in [-0.2, 0) is 11.3 Å². The highest BCUT2D eigenvalue weighted by molar-refractivity contribution is 9.10. The van der Waals surface area contributed by atoms with E-state index in [1.165, 1.54) is 18.4 Å². The Hall–Kier alpha value is -1.84. The van der Waals surface area contributed by atoms with E-state index in [0.717, 1.165) is 9.35 Å². The maximum Gasteiger partial charge on any atom is 0.339 e. The summed E-state index contributed by atoms with van der Waals surface area (Å²) >= 11 is 4.74. The zero-order chi connectivity index (χ0) is 14.5. The van der Waals surface area contributed by atoms with Gasteiger partial charge in [-0.05, 0) is 29.6 Å². The lowest BCUT2D eigenvalue weighted by Crippen LogP contribution is -2.05. The molecule has 102 valence electrons. The molecule has 0 aliphatic rings. The van der Waals surface area contributed by atoms with Gasteiger partial charge in [0.2, 0.25) is 0 Å². The number of carbonyl (C=O) groups excluding carboxylic acids is 1. The first-order valence-corrected chi connectivity index (χ1v) is 7.30. The van der Waals surface area contributed by atoms with E-state index in [9.17, 15) is 4.79 Å². The maximum atomic E-state index is 11.6. The van der Waals surface area contributed by atoms with Crippen LogP contribution < -0.4 is 4.74 Å². The second-order valence-corrected chi connectivity index (χ2v) is 5.71. The second-order valence-electron chi connectivity index (χ2n) is 3.79. The fourth-order valence-electron chi connectivity index (χ4n) is 1.60. The highest BCUT2D eigenvalue weighted by Crippen LogP contribution is 2.26. The third kappa shape index (κ3) is 3.18. The van der Waals surface area contributed by atoms with Crippen molar-refractivity contribution in [2.24, 2.45) is 0 Å². The second kappa shape index (κ2) is 6.55. The van der Waals surface area contributed by atoms with Gasteiger partial charge in [0.05, 0.1) is 23.1 Å². The number of methoxy groups -OCH3 is 1. The molecule has 1 aromatic carbocycles. The van der Waals surface area contributed by atoms with Crippen LogP contribution in [0.1, 0.15) is 20.8 Å². The Morgan fingerprint density at radius 3 is 2.95 bits per heavy atom. The Kier molecular flexibility index (Phi) is 4.77. The molecule has 6 heteroatoms. The molecule has 0 unspecified atom stereocenters. The van der Waals surface area contributed by atoms with Crippen LogP contribution in [0.2, 0.25) is 0 Å². The summed E-state index contributed by atoms with van der Waals surface area (Å²) in [6.45, 7) is 0.216. The third-order valence-electron chi connectivity index (χ3n) is 2.57. The number of benzene rings is 1. The Balaban J connectivity index is 2.18. The first-order chi connectivity index (χ1) is 9.65. The molecule has 0 N–H and O–H groups in total. The molecule has 0 radical (unpaired) electrons. The number of carbonyl (C=O) groups is 1. The van der Waals surface area contributed by atoms with Gasteiger partial charge in [-0.15, -0.1) is 11.3 Å². The van der Waals surface area contributed by atoms with Crippen molar-refractivity contribution >= 4 is 33.2 Å². The highest BCUT2D eigenvalue weighted by Gasteiger charge is 2.14. The summed E-state index contributed by atoms with van der Waals surface area (Å²) < 4.78 is 11.2. The summed E-state index contributed by atoms with van der Waals surface area (Å²) in [5.41, 5.74) is 0.940. The van der Waals surface area contributed by atoms with Crippen molar-refractivity contribution in [2.45, 2.75) is 6.61 Å². The number of ether oxygens (including phenoxy) is 2. The van der Waals surface area contributed by atoms with Crippen molar-refractivity contribution in [3.05, 3.63) is 50.1 Å². The molecule has 0 atom stereocenters. The smallest absolute Gasteiger partial charge is 0.339 e. The molecule has 4 nitrogen and oxygen atoms in total. The quantitative estimate of drug-likeness (QED) is 0.787. The normalized spacial score (nSPS) is 9.85. The van der Waals surface area contributed by atoms with E-state index in [2.05, 4.69) is 22.0 Å². The molecule has 0 saturated carbocycles. The van der Waals surface area contributed by atoms with E-state index >= 15 is 0 Å². The molecule has 0 aliphatic heterocycles. The van der Waals surface area contributed by atoms with Gasteiger partial charge in [0.15, 0.2) is 0 Å². The summed E-state index contributed by atoms with van der Waals surface area (Å²) in [5.74, 6) is 0.0886. The number of hydrogen-bond acceptors (Lipinski definition) is 5. The van der Waals surface area contributed by atoms with Crippen LogP contribution in [0, 0.1) is 11.3 Å². The number of thiophene rings is 1. The van der Waals surface area contributed by atoms with E-state index < -0.39 is 0 Å². The summed E-state index contributed by atoms with van der Waals surface area (Å²) in [6, 6.07) is 8.94. The molecule has 0 bridgehead atoms. The molecule has 1 aromatic heterocycles. The van der Waals surface area contributed by atoms with Crippen LogP contribution in [0.15, 0.2) is 34.1 Å². The van der Waals surface area contributed by atoms with Gasteiger partial charge in [-0.2, -0.15) is 5.26 Å². The number of rotatable bonds is 4. The summed E-state index contributed by atoms with van der Waals surface area (Å²) in [6.07, 6.45) is 0. The largest absolute Gasteiger partial charge is 0.487 e.